The molecule has 0 aliphatic heterocycles. The fourth-order valence-corrected chi connectivity index (χ4v) is 1.90. The molecule has 1 heterocycles. The molecule has 0 atom stereocenters. The number of nitrogens with zero attached hydrogens (tertiary/aromatic N) is 1. The highest BCUT2D eigenvalue weighted by atomic mass is 35.5. The molecule has 1 N–H and O–H groups in total. The number of aryl methyl sites for hydroxylation is 1. The number of carbonyl (C=O) groups is 1. The summed E-state index contributed by atoms with van der Waals surface area (Å²) < 4.78 is 54.2. The van der Waals surface area contributed by atoms with Crippen LogP contribution < -0.4 is 10.1 Å². The van der Waals surface area contributed by atoms with Gasteiger partial charge in [-0.2, -0.15) is 13.2 Å². The first-order chi connectivity index (χ1) is 11.2. The van der Waals surface area contributed by atoms with Crippen molar-refractivity contribution >= 4 is 23.2 Å². The summed E-state index contributed by atoms with van der Waals surface area (Å²) in [4.78, 5) is 15.6. The monoisotopic (exact) mass is 362 g/mol. The summed E-state index contributed by atoms with van der Waals surface area (Å²) in [5, 5.41) is 2.18. The van der Waals surface area contributed by atoms with Crippen LogP contribution in [-0.4, -0.2) is 23.7 Å². The number of carbonyl (C=O) groups excluding carboxylic acids is 1. The lowest BCUT2D eigenvalue weighted by atomic mass is 10.2. The minimum Gasteiger partial charge on any atom is -0.467 e. The van der Waals surface area contributed by atoms with Crippen LogP contribution in [0.4, 0.5) is 23.2 Å². The SMILES string of the molecule is Cc1ccc(NC(=O)c2cnc(OCC(F)(F)F)c(Cl)c2)cc1F. The van der Waals surface area contributed by atoms with Crippen LogP contribution in [0.3, 0.4) is 0 Å². The van der Waals surface area contributed by atoms with Crippen LogP contribution >= 0.6 is 11.6 Å². The molecule has 0 radical (unpaired) electrons. The number of anilines is 1. The lowest BCUT2D eigenvalue weighted by molar-refractivity contribution is -0.154. The van der Waals surface area contributed by atoms with Gasteiger partial charge in [-0.3, -0.25) is 4.79 Å². The quantitative estimate of drug-likeness (QED) is 0.821. The van der Waals surface area contributed by atoms with Crippen molar-refractivity contribution in [2.45, 2.75) is 13.1 Å². The highest BCUT2D eigenvalue weighted by Crippen LogP contribution is 2.25. The number of ether oxygens (including phenoxy) is 1. The maximum absolute atomic E-state index is 13.4. The number of nitrogens with one attached hydrogen (secondary N) is 1. The molecule has 128 valence electrons. The molecule has 0 saturated heterocycles. The summed E-state index contributed by atoms with van der Waals surface area (Å²) in [6.07, 6.45) is -3.52. The normalized spacial score (nSPS) is 11.2. The van der Waals surface area contributed by atoms with Crippen LogP contribution in [0, 0.1) is 12.7 Å². The van der Waals surface area contributed by atoms with E-state index in [1.807, 2.05) is 0 Å². The number of halogens is 5. The van der Waals surface area contributed by atoms with E-state index in [9.17, 15) is 22.4 Å². The molecule has 0 bridgehead atoms. The smallest absolute Gasteiger partial charge is 0.422 e. The zero-order valence-corrected chi connectivity index (χ0v) is 13.0. The fraction of sp³-hybridized carbons (Fsp3) is 0.200. The van der Waals surface area contributed by atoms with E-state index in [4.69, 9.17) is 11.6 Å². The number of rotatable bonds is 4. The first-order valence-corrected chi connectivity index (χ1v) is 6.96. The third kappa shape index (κ3) is 4.82. The number of aromatic nitrogens is 1. The van der Waals surface area contributed by atoms with Crippen molar-refractivity contribution in [2.24, 2.45) is 0 Å². The largest absolute Gasteiger partial charge is 0.467 e. The molecule has 2 rings (SSSR count). The summed E-state index contributed by atoms with van der Waals surface area (Å²) >= 11 is 5.76. The lowest BCUT2D eigenvalue weighted by Gasteiger charge is -2.10. The van der Waals surface area contributed by atoms with Crippen LogP contribution in [0.15, 0.2) is 30.5 Å². The summed E-state index contributed by atoms with van der Waals surface area (Å²) in [6, 6.07) is 5.25. The van der Waals surface area contributed by atoms with Gasteiger partial charge in [-0.05, 0) is 30.7 Å². The third-order valence-corrected chi connectivity index (χ3v) is 3.14. The van der Waals surface area contributed by atoms with Gasteiger partial charge in [0.1, 0.15) is 10.8 Å². The van der Waals surface area contributed by atoms with E-state index >= 15 is 0 Å². The van der Waals surface area contributed by atoms with Gasteiger partial charge in [0.05, 0.1) is 5.56 Å². The predicted molar refractivity (Wildman–Crippen MR) is 79.9 cm³/mol. The predicted octanol–water partition coefficient (Wildman–Crippen LogP) is 4.38. The Morgan fingerprint density at radius 3 is 2.62 bits per heavy atom. The maximum Gasteiger partial charge on any atom is 0.422 e. The van der Waals surface area contributed by atoms with E-state index < -0.39 is 30.4 Å². The minimum absolute atomic E-state index is 0.0136. The van der Waals surface area contributed by atoms with Gasteiger partial charge < -0.3 is 10.1 Å². The van der Waals surface area contributed by atoms with Crippen LogP contribution in [0.1, 0.15) is 15.9 Å². The first kappa shape index (κ1) is 18.0. The second kappa shape index (κ2) is 7.04. The Hall–Kier alpha value is -2.35. The topological polar surface area (TPSA) is 51.2 Å². The summed E-state index contributed by atoms with van der Waals surface area (Å²) in [5.41, 5.74) is 0.626. The molecule has 1 amide bonds. The lowest BCUT2D eigenvalue weighted by Crippen LogP contribution is -2.20. The van der Waals surface area contributed by atoms with E-state index in [1.54, 1.807) is 6.92 Å². The number of hydrogen-bond donors (Lipinski definition) is 1. The minimum atomic E-state index is -4.53. The Bertz CT molecular complexity index is 766. The van der Waals surface area contributed by atoms with Crippen LogP contribution in [-0.2, 0) is 0 Å². The molecule has 1 aromatic carbocycles. The molecule has 0 saturated carbocycles. The average molecular weight is 363 g/mol. The van der Waals surface area contributed by atoms with Gasteiger partial charge in [0.2, 0.25) is 5.88 Å². The molecule has 1 aromatic heterocycles. The Balaban J connectivity index is 2.10. The molecule has 2 aromatic rings. The molecule has 0 unspecified atom stereocenters. The Kier molecular flexibility index (Phi) is 5.28. The van der Waals surface area contributed by atoms with Crippen molar-refractivity contribution in [3.63, 3.8) is 0 Å². The summed E-state index contributed by atoms with van der Waals surface area (Å²) in [5.74, 6) is -1.57. The average Bonchev–Trinajstić information content (AvgIpc) is 2.48. The van der Waals surface area contributed by atoms with Crippen molar-refractivity contribution in [2.75, 3.05) is 11.9 Å². The van der Waals surface area contributed by atoms with Gasteiger partial charge >= 0.3 is 6.18 Å². The highest BCUT2D eigenvalue weighted by molar-refractivity contribution is 6.32. The van der Waals surface area contributed by atoms with Gasteiger partial charge in [-0.25, -0.2) is 9.37 Å². The third-order valence-electron chi connectivity index (χ3n) is 2.87. The van der Waals surface area contributed by atoms with Crippen molar-refractivity contribution in [3.05, 3.63) is 52.4 Å². The van der Waals surface area contributed by atoms with Gasteiger partial charge in [-0.15, -0.1) is 0 Å². The number of benzene rings is 1. The highest BCUT2D eigenvalue weighted by Gasteiger charge is 2.29. The number of hydrogen-bond acceptors (Lipinski definition) is 3. The van der Waals surface area contributed by atoms with E-state index in [1.165, 1.54) is 12.1 Å². The maximum atomic E-state index is 13.4. The Morgan fingerprint density at radius 1 is 1.33 bits per heavy atom. The molecule has 4 nitrogen and oxygen atoms in total. The molecule has 0 aliphatic rings. The molecule has 24 heavy (non-hydrogen) atoms. The van der Waals surface area contributed by atoms with Crippen LogP contribution in [0.25, 0.3) is 0 Å². The first-order valence-electron chi connectivity index (χ1n) is 6.58. The second-order valence-corrected chi connectivity index (χ2v) is 5.24. The summed E-state index contributed by atoms with van der Waals surface area (Å²) in [6.45, 7) is 0.0260. The molecule has 0 spiro atoms. The fourth-order valence-electron chi connectivity index (χ4n) is 1.68. The van der Waals surface area contributed by atoms with Gasteiger partial charge in [0.15, 0.2) is 6.61 Å². The second-order valence-electron chi connectivity index (χ2n) is 4.83. The summed E-state index contributed by atoms with van der Waals surface area (Å²) in [7, 11) is 0. The van der Waals surface area contributed by atoms with Crippen molar-refractivity contribution in [1.29, 1.82) is 0 Å². The Morgan fingerprint density at radius 2 is 2.04 bits per heavy atom. The van der Waals surface area contributed by atoms with Gasteiger partial charge in [-0.1, -0.05) is 17.7 Å². The van der Waals surface area contributed by atoms with E-state index in [0.717, 1.165) is 18.3 Å². The van der Waals surface area contributed by atoms with E-state index in [-0.39, 0.29) is 16.3 Å². The van der Waals surface area contributed by atoms with Crippen LogP contribution in [0.5, 0.6) is 5.88 Å². The molecule has 0 aliphatic carbocycles. The molecular formula is C15H11ClF4N2O2. The van der Waals surface area contributed by atoms with Crippen molar-refractivity contribution in [3.8, 4) is 5.88 Å². The van der Waals surface area contributed by atoms with E-state index in [0.29, 0.717) is 5.56 Å². The molecule has 9 heteroatoms. The van der Waals surface area contributed by atoms with Crippen molar-refractivity contribution in [1.82, 2.24) is 4.98 Å². The zero-order chi connectivity index (χ0) is 17.9. The van der Waals surface area contributed by atoms with Gasteiger partial charge in [0, 0.05) is 11.9 Å². The standard InChI is InChI=1S/C15H11ClF4N2O2/c1-8-2-3-10(5-12(8)17)22-13(23)9-4-11(16)14(21-6-9)24-7-15(18,19)20/h2-6H,7H2,1H3,(H,22,23). The molecular weight excluding hydrogens is 352 g/mol. The van der Waals surface area contributed by atoms with E-state index in [2.05, 4.69) is 15.0 Å². The van der Waals surface area contributed by atoms with Gasteiger partial charge in [0.25, 0.3) is 5.91 Å². The van der Waals surface area contributed by atoms with Crippen LogP contribution in [0.2, 0.25) is 5.02 Å². The number of pyridine rings is 1. The Labute approximate surface area is 139 Å². The van der Waals surface area contributed by atoms with Crippen molar-refractivity contribution < 1.29 is 27.1 Å². The number of alkyl halides is 3. The zero-order valence-electron chi connectivity index (χ0n) is 12.2. The number of amides is 1. The molecule has 0 fully saturated rings.